The lowest BCUT2D eigenvalue weighted by molar-refractivity contribution is 0.102. The van der Waals surface area contributed by atoms with E-state index in [0.29, 0.717) is 24.7 Å². The van der Waals surface area contributed by atoms with Gasteiger partial charge in [0.25, 0.3) is 5.91 Å². The van der Waals surface area contributed by atoms with Crippen LogP contribution in [-0.2, 0) is 23.0 Å². The predicted molar refractivity (Wildman–Crippen MR) is 94.3 cm³/mol. The molecule has 2 aromatic carbocycles. The van der Waals surface area contributed by atoms with Crippen molar-refractivity contribution in [2.75, 3.05) is 17.6 Å². The van der Waals surface area contributed by atoms with Crippen LogP contribution in [0.25, 0.3) is 0 Å². The van der Waals surface area contributed by atoms with Gasteiger partial charge in [-0.05, 0) is 48.7 Å². The third-order valence-electron chi connectivity index (χ3n) is 4.38. The number of hydrogen-bond donors (Lipinski definition) is 1. The Hall–Kier alpha value is -2.32. The van der Waals surface area contributed by atoms with E-state index in [0.717, 1.165) is 23.3 Å². The van der Waals surface area contributed by atoms with Crippen molar-refractivity contribution < 1.29 is 22.0 Å². The van der Waals surface area contributed by atoms with Gasteiger partial charge in [-0.25, -0.2) is 17.2 Å². The molecule has 138 valence electrons. The van der Waals surface area contributed by atoms with Crippen molar-refractivity contribution in [3.05, 3.63) is 64.7 Å². The zero-order chi connectivity index (χ0) is 18.9. The average molecular weight is 380 g/mol. The molecule has 0 bridgehead atoms. The van der Waals surface area contributed by atoms with E-state index in [2.05, 4.69) is 5.32 Å². The van der Waals surface area contributed by atoms with Crippen LogP contribution in [-0.4, -0.2) is 30.9 Å². The van der Waals surface area contributed by atoms with Gasteiger partial charge in [-0.3, -0.25) is 4.79 Å². The third-order valence-corrected chi connectivity index (χ3v) is 6.20. The van der Waals surface area contributed by atoms with Crippen molar-refractivity contribution in [2.24, 2.45) is 0 Å². The fraction of sp³-hybridized carbons (Fsp3) is 0.278. The van der Waals surface area contributed by atoms with Crippen LogP contribution in [0, 0.1) is 11.6 Å². The predicted octanol–water partition coefficient (Wildman–Crippen LogP) is 2.92. The summed E-state index contributed by atoms with van der Waals surface area (Å²) in [5, 5.41) is 2.57. The van der Waals surface area contributed by atoms with E-state index in [4.69, 9.17) is 0 Å². The maximum absolute atomic E-state index is 13.7. The molecule has 8 heteroatoms. The summed E-state index contributed by atoms with van der Waals surface area (Å²) >= 11 is 0. The first kappa shape index (κ1) is 18.5. The number of nitrogens with zero attached hydrogens (tertiary/aromatic N) is 1. The van der Waals surface area contributed by atoms with Crippen molar-refractivity contribution >= 4 is 21.6 Å². The molecule has 0 spiro atoms. The van der Waals surface area contributed by atoms with Crippen LogP contribution in [0.4, 0.5) is 14.5 Å². The van der Waals surface area contributed by atoms with Gasteiger partial charge in [0.15, 0.2) is 0 Å². The second-order valence-electron chi connectivity index (χ2n) is 6.05. The van der Waals surface area contributed by atoms with Crippen LogP contribution < -0.4 is 5.32 Å². The maximum atomic E-state index is 13.7. The van der Waals surface area contributed by atoms with E-state index in [1.54, 1.807) is 19.1 Å². The quantitative estimate of drug-likeness (QED) is 0.887. The van der Waals surface area contributed by atoms with Gasteiger partial charge in [0.05, 0.1) is 11.3 Å². The van der Waals surface area contributed by atoms with Crippen molar-refractivity contribution in [1.82, 2.24) is 4.31 Å². The second-order valence-corrected chi connectivity index (χ2v) is 8.30. The van der Waals surface area contributed by atoms with Crippen molar-refractivity contribution in [2.45, 2.75) is 19.9 Å². The molecule has 0 atom stereocenters. The summed E-state index contributed by atoms with van der Waals surface area (Å²) in [6, 6.07) is 7.93. The number of hydrogen-bond acceptors (Lipinski definition) is 3. The molecule has 1 amide bonds. The fourth-order valence-corrected chi connectivity index (χ4v) is 3.97. The Labute approximate surface area is 150 Å². The van der Waals surface area contributed by atoms with Crippen LogP contribution in [0.15, 0.2) is 36.4 Å². The standard InChI is InChI=1S/C18H18F2N2O3S/c1-2-26(24,25)22-8-7-12-3-5-15(9-13(12)11-22)21-18(23)16-6-4-14(19)10-17(16)20/h3-6,9-10H,2,7-8,11H2,1H3,(H,21,23). The third kappa shape index (κ3) is 3.76. The monoisotopic (exact) mass is 380 g/mol. The van der Waals surface area contributed by atoms with Gasteiger partial charge < -0.3 is 5.32 Å². The van der Waals surface area contributed by atoms with Crippen LogP contribution in [0.1, 0.15) is 28.4 Å². The van der Waals surface area contributed by atoms with Gasteiger partial charge in [0, 0.05) is 24.8 Å². The lowest BCUT2D eigenvalue weighted by Gasteiger charge is -2.28. The molecule has 0 saturated heterocycles. The number of nitrogens with one attached hydrogen (secondary N) is 1. The first-order valence-electron chi connectivity index (χ1n) is 8.16. The van der Waals surface area contributed by atoms with E-state index in [1.807, 2.05) is 6.07 Å². The topological polar surface area (TPSA) is 66.5 Å². The van der Waals surface area contributed by atoms with Gasteiger partial charge in [-0.2, -0.15) is 4.31 Å². The molecule has 1 aliphatic rings. The molecular weight excluding hydrogens is 362 g/mol. The number of sulfonamides is 1. The minimum absolute atomic E-state index is 0.0304. The molecule has 0 fully saturated rings. The summed E-state index contributed by atoms with van der Waals surface area (Å²) in [5.74, 6) is -2.37. The number of halogens is 2. The summed E-state index contributed by atoms with van der Waals surface area (Å²) in [6.07, 6.45) is 0.593. The lowest BCUT2D eigenvalue weighted by Crippen LogP contribution is -2.36. The number of carbonyl (C=O) groups is 1. The van der Waals surface area contributed by atoms with Crippen LogP contribution in [0.5, 0.6) is 0 Å². The van der Waals surface area contributed by atoms with Gasteiger partial charge >= 0.3 is 0 Å². The van der Waals surface area contributed by atoms with E-state index in [-0.39, 0.29) is 17.9 Å². The van der Waals surface area contributed by atoms with E-state index in [9.17, 15) is 22.0 Å². The lowest BCUT2D eigenvalue weighted by atomic mass is 10.0. The number of benzene rings is 2. The molecule has 0 radical (unpaired) electrons. The maximum Gasteiger partial charge on any atom is 0.258 e. The van der Waals surface area contributed by atoms with Gasteiger partial charge in [0.2, 0.25) is 10.0 Å². The minimum atomic E-state index is -3.29. The van der Waals surface area contributed by atoms with Crippen LogP contribution in [0.2, 0.25) is 0 Å². The Morgan fingerprint density at radius 1 is 1.15 bits per heavy atom. The largest absolute Gasteiger partial charge is 0.322 e. The van der Waals surface area contributed by atoms with Crippen molar-refractivity contribution in [1.29, 1.82) is 0 Å². The highest BCUT2D eigenvalue weighted by Crippen LogP contribution is 2.25. The summed E-state index contributed by atoms with van der Waals surface area (Å²) in [4.78, 5) is 12.2. The zero-order valence-electron chi connectivity index (χ0n) is 14.1. The normalized spacial score (nSPS) is 14.7. The highest BCUT2D eigenvalue weighted by Gasteiger charge is 2.25. The van der Waals surface area contributed by atoms with Gasteiger partial charge in [-0.15, -0.1) is 0 Å². The molecule has 2 aromatic rings. The summed E-state index contributed by atoms with van der Waals surface area (Å²) in [5.41, 5.74) is 1.97. The van der Waals surface area contributed by atoms with Crippen LogP contribution >= 0.6 is 0 Å². The summed E-state index contributed by atoms with van der Waals surface area (Å²) < 4.78 is 52.2. The smallest absolute Gasteiger partial charge is 0.258 e. The van der Waals surface area contributed by atoms with Gasteiger partial charge in [0.1, 0.15) is 11.6 Å². The highest BCUT2D eigenvalue weighted by molar-refractivity contribution is 7.89. The number of fused-ring (bicyclic) bond motifs is 1. The molecular formula is C18H18F2N2O3S. The SMILES string of the molecule is CCS(=O)(=O)N1CCc2ccc(NC(=O)c3ccc(F)cc3F)cc2C1. The Morgan fingerprint density at radius 3 is 2.62 bits per heavy atom. The number of anilines is 1. The van der Waals surface area contributed by atoms with Crippen LogP contribution in [0.3, 0.4) is 0 Å². The Kier molecular flexibility index (Phi) is 5.06. The molecule has 1 heterocycles. The first-order chi connectivity index (χ1) is 12.3. The van der Waals surface area contributed by atoms with E-state index >= 15 is 0 Å². The fourth-order valence-electron chi connectivity index (χ4n) is 2.90. The number of amides is 1. The molecule has 1 aliphatic heterocycles. The van der Waals surface area contributed by atoms with Crippen molar-refractivity contribution in [3.63, 3.8) is 0 Å². The molecule has 26 heavy (non-hydrogen) atoms. The zero-order valence-corrected chi connectivity index (χ0v) is 14.9. The second kappa shape index (κ2) is 7.13. The average Bonchev–Trinajstić information content (AvgIpc) is 2.61. The highest BCUT2D eigenvalue weighted by atomic mass is 32.2. The Morgan fingerprint density at radius 2 is 1.92 bits per heavy atom. The van der Waals surface area contributed by atoms with E-state index in [1.165, 1.54) is 4.31 Å². The molecule has 0 saturated carbocycles. The summed E-state index contributed by atoms with van der Waals surface area (Å²) in [6.45, 7) is 2.26. The molecule has 1 N–H and O–H groups in total. The molecule has 3 rings (SSSR count). The summed E-state index contributed by atoms with van der Waals surface area (Å²) in [7, 11) is -3.29. The molecule has 0 aliphatic carbocycles. The molecule has 5 nitrogen and oxygen atoms in total. The molecule has 0 aromatic heterocycles. The van der Waals surface area contributed by atoms with Gasteiger partial charge in [-0.1, -0.05) is 6.07 Å². The molecule has 0 unspecified atom stereocenters. The Bertz CT molecular complexity index is 961. The minimum Gasteiger partial charge on any atom is -0.322 e. The Balaban J connectivity index is 1.81. The number of rotatable bonds is 4. The number of carbonyl (C=O) groups excluding carboxylic acids is 1. The van der Waals surface area contributed by atoms with E-state index < -0.39 is 27.6 Å². The first-order valence-corrected chi connectivity index (χ1v) is 9.77. The van der Waals surface area contributed by atoms with Crippen molar-refractivity contribution in [3.8, 4) is 0 Å².